The summed E-state index contributed by atoms with van der Waals surface area (Å²) in [5.41, 5.74) is 4.28. The fraction of sp³-hybridized carbons (Fsp3) is 0.222. The van der Waals surface area contributed by atoms with Crippen LogP contribution in [0.2, 0.25) is 0 Å². The Bertz CT molecular complexity index is 1370. The molecule has 4 aromatic rings. The molecular formula is C27H26N4O4. The molecule has 0 bridgehead atoms. The molecule has 2 heterocycles. The summed E-state index contributed by atoms with van der Waals surface area (Å²) in [7, 11) is 1.61. The first-order valence-electron chi connectivity index (χ1n) is 11.2. The van der Waals surface area contributed by atoms with Crippen LogP contribution in [0, 0.1) is 11.8 Å². The van der Waals surface area contributed by atoms with Crippen molar-refractivity contribution >= 4 is 22.6 Å². The third-order valence-electron chi connectivity index (χ3n) is 5.52. The molecule has 0 radical (unpaired) electrons. The molecule has 8 heteroatoms. The van der Waals surface area contributed by atoms with Crippen LogP contribution >= 0.6 is 0 Å². The summed E-state index contributed by atoms with van der Waals surface area (Å²) in [5.74, 6) is 7.99. The largest absolute Gasteiger partial charge is 0.496 e. The van der Waals surface area contributed by atoms with Crippen molar-refractivity contribution < 1.29 is 19.2 Å². The van der Waals surface area contributed by atoms with Gasteiger partial charge in [-0.25, -0.2) is 15.4 Å². The van der Waals surface area contributed by atoms with Gasteiger partial charge in [0.25, 0.3) is 0 Å². The number of nitrogens with one attached hydrogen (secondary N) is 2. The number of benzene rings is 2. The highest BCUT2D eigenvalue weighted by atomic mass is 16.5. The molecule has 0 saturated carbocycles. The molecule has 3 N–H and O–H groups in total. The Balaban J connectivity index is 1.60. The van der Waals surface area contributed by atoms with Gasteiger partial charge in [0.2, 0.25) is 5.91 Å². The minimum Gasteiger partial charge on any atom is -0.496 e. The van der Waals surface area contributed by atoms with Gasteiger partial charge in [-0.3, -0.25) is 10.0 Å². The zero-order valence-electron chi connectivity index (χ0n) is 19.5. The fourth-order valence-electron chi connectivity index (χ4n) is 3.68. The number of hydroxylamine groups is 1. The Morgan fingerprint density at radius 3 is 2.77 bits per heavy atom. The van der Waals surface area contributed by atoms with Gasteiger partial charge >= 0.3 is 0 Å². The molecule has 2 aromatic heterocycles. The number of amides is 1. The molecule has 35 heavy (non-hydrogen) atoms. The van der Waals surface area contributed by atoms with E-state index < -0.39 is 5.91 Å². The SMILES string of the molecule is COc1cc2ncnc(N[C@H](C)c3ccccc3)c2cc1-c1ccc(C#CCCCC(=O)NO)o1. The van der Waals surface area contributed by atoms with Crippen molar-refractivity contribution in [2.75, 3.05) is 12.4 Å². The van der Waals surface area contributed by atoms with E-state index in [1.54, 1.807) is 18.7 Å². The molecule has 2 aromatic carbocycles. The Hall–Kier alpha value is -4.35. The normalized spacial score (nSPS) is 11.4. The number of nitrogens with zero attached hydrogens (tertiary/aromatic N) is 2. The summed E-state index contributed by atoms with van der Waals surface area (Å²) in [4.78, 5) is 20.0. The van der Waals surface area contributed by atoms with E-state index in [2.05, 4.69) is 46.2 Å². The van der Waals surface area contributed by atoms with E-state index in [1.165, 1.54) is 6.33 Å². The molecule has 178 valence electrons. The van der Waals surface area contributed by atoms with Crippen LogP contribution in [-0.2, 0) is 4.79 Å². The summed E-state index contributed by atoms with van der Waals surface area (Å²) in [6, 6.07) is 17.7. The highest BCUT2D eigenvalue weighted by molar-refractivity contribution is 5.94. The van der Waals surface area contributed by atoms with E-state index in [0.717, 1.165) is 22.0 Å². The first kappa shape index (κ1) is 23.8. The lowest BCUT2D eigenvalue weighted by Crippen LogP contribution is -2.17. The summed E-state index contributed by atoms with van der Waals surface area (Å²) in [6.45, 7) is 2.08. The molecule has 8 nitrogen and oxygen atoms in total. The molecule has 0 aliphatic rings. The van der Waals surface area contributed by atoms with E-state index in [-0.39, 0.29) is 12.5 Å². The lowest BCUT2D eigenvalue weighted by Gasteiger charge is -2.17. The van der Waals surface area contributed by atoms with Gasteiger partial charge in [0.15, 0.2) is 5.76 Å². The maximum atomic E-state index is 11.1. The van der Waals surface area contributed by atoms with Gasteiger partial charge in [-0.05, 0) is 43.0 Å². The molecule has 0 unspecified atom stereocenters. The van der Waals surface area contributed by atoms with Gasteiger partial charge in [-0.15, -0.1) is 0 Å². The van der Waals surface area contributed by atoms with Crippen molar-refractivity contribution in [2.45, 2.75) is 32.2 Å². The summed E-state index contributed by atoms with van der Waals surface area (Å²) in [5, 5.41) is 12.9. The number of unbranched alkanes of at least 4 members (excludes halogenated alkanes) is 1. The first-order valence-corrected chi connectivity index (χ1v) is 11.2. The lowest BCUT2D eigenvalue weighted by atomic mass is 10.1. The highest BCUT2D eigenvalue weighted by Crippen LogP contribution is 2.36. The van der Waals surface area contributed by atoms with Gasteiger partial charge in [0, 0.05) is 30.3 Å². The van der Waals surface area contributed by atoms with Crippen LogP contribution in [0.1, 0.15) is 43.6 Å². The standard InChI is InChI=1S/C27H26N4O4/c1-18(19-9-5-3-6-10-19)30-27-21-15-22(25(34-2)16-23(21)28-17-29-27)24-14-13-20(35-24)11-7-4-8-12-26(32)31-33/h3,5-6,9-10,13-18,33H,4,8,12H2,1-2H3,(H,31,32)(H,28,29,30)/t18-/m1/s1. The molecule has 0 aliphatic heterocycles. The molecular weight excluding hydrogens is 444 g/mol. The van der Waals surface area contributed by atoms with Crippen LogP contribution in [-0.4, -0.2) is 28.2 Å². The number of ether oxygens (including phenoxy) is 1. The lowest BCUT2D eigenvalue weighted by molar-refractivity contribution is -0.129. The van der Waals surface area contributed by atoms with Gasteiger partial charge in [-0.2, -0.15) is 0 Å². The Labute approximate surface area is 203 Å². The summed E-state index contributed by atoms with van der Waals surface area (Å²) in [6.07, 6.45) is 2.80. The predicted molar refractivity (Wildman–Crippen MR) is 133 cm³/mol. The number of anilines is 1. The predicted octanol–water partition coefficient (Wildman–Crippen LogP) is 5.10. The maximum Gasteiger partial charge on any atom is 0.243 e. The summed E-state index contributed by atoms with van der Waals surface area (Å²) >= 11 is 0. The minimum absolute atomic E-state index is 0.0498. The fourth-order valence-corrected chi connectivity index (χ4v) is 3.68. The van der Waals surface area contributed by atoms with E-state index in [1.807, 2.05) is 36.4 Å². The number of carbonyl (C=O) groups excluding carboxylic acids is 1. The minimum atomic E-state index is -0.425. The quantitative estimate of drug-likeness (QED) is 0.142. The van der Waals surface area contributed by atoms with Crippen molar-refractivity contribution in [3.8, 4) is 28.9 Å². The Morgan fingerprint density at radius 1 is 1.17 bits per heavy atom. The van der Waals surface area contributed by atoms with E-state index in [4.69, 9.17) is 14.4 Å². The number of rotatable bonds is 8. The number of hydrogen-bond acceptors (Lipinski definition) is 7. The number of furan rings is 1. The van der Waals surface area contributed by atoms with Crippen LogP contribution < -0.4 is 15.5 Å². The smallest absolute Gasteiger partial charge is 0.243 e. The van der Waals surface area contributed by atoms with Gasteiger partial charge in [0.1, 0.15) is 23.7 Å². The molecule has 0 aliphatic carbocycles. The van der Waals surface area contributed by atoms with Gasteiger partial charge in [0.05, 0.1) is 18.2 Å². The Morgan fingerprint density at radius 2 is 2.00 bits per heavy atom. The molecule has 1 atom stereocenters. The van der Waals surface area contributed by atoms with Crippen molar-refractivity contribution in [1.82, 2.24) is 15.4 Å². The first-order chi connectivity index (χ1) is 17.1. The third-order valence-corrected chi connectivity index (χ3v) is 5.52. The third kappa shape index (κ3) is 5.78. The monoisotopic (exact) mass is 470 g/mol. The van der Waals surface area contributed by atoms with Crippen molar-refractivity contribution in [3.05, 3.63) is 72.2 Å². The molecule has 4 rings (SSSR count). The average molecular weight is 471 g/mol. The van der Waals surface area contributed by atoms with Crippen molar-refractivity contribution in [3.63, 3.8) is 0 Å². The highest BCUT2D eigenvalue weighted by Gasteiger charge is 2.16. The van der Waals surface area contributed by atoms with E-state index in [0.29, 0.717) is 35.9 Å². The molecule has 0 saturated heterocycles. The zero-order chi connectivity index (χ0) is 24.6. The van der Waals surface area contributed by atoms with Crippen molar-refractivity contribution in [2.24, 2.45) is 0 Å². The second-order valence-electron chi connectivity index (χ2n) is 7.92. The topological polar surface area (TPSA) is 110 Å². The number of aromatic nitrogens is 2. The van der Waals surface area contributed by atoms with Gasteiger partial charge in [-0.1, -0.05) is 36.3 Å². The van der Waals surface area contributed by atoms with Crippen LogP contribution in [0.5, 0.6) is 5.75 Å². The molecule has 0 spiro atoms. The van der Waals surface area contributed by atoms with Crippen LogP contribution in [0.4, 0.5) is 5.82 Å². The molecule has 0 fully saturated rings. The average Bonchev–Trinajstić information content (AvgIpc) is 3.37. The molecule has 1 amide bonds. The van der Waals surface area contributed by atoms with E-state index >= 15 is 0 Å². The van der Waals surface area contributed by atoms with Gasteiger partial charge < -0.3 is 14.5 Å². The second-order valence-corrected chi connectivity index (χ2v) is 7.92. The number of fused-ring (bicyclic) bond motifs is 1. The van der Waals surface area contributed by atoms with E-state index in [9.17, 15) is 4.79 Å². The number of hydrogen-bond donors (Lipinski definition) is 3. The second kappa shape index (κ2) is 11.2. The number of carbonyl (C=O) groups is 1. The summed E-state index contributed by atoms with van der Waals surface area (Å²) < 4.78 is 11.6. The maximum absolute atomic E-state index is 11.1. The Kier molecular flexibility index (Phi) is 7.60. The zero-order valence-corrected chi connectivity index (χ0v) is 19.5. The van der Waals surface area contributed by atoms with Crippen LogP contribution in [0.15, 0.2) is 65.3 Å². The van der Waals surface area contributed by atoms with Crippen LogP contribution in [0.25, 0.3) is 22.2 Å². The van der Waals surface area contributed by atoms with Crippen molar-refractivity contribution in [1.29, 1.82) is 0 Å². The number of methoxy groups -OCH3 is 1. The van der Waals surface area contributed by atoms with Crippen LogP contribution in [0.3, 0.4) is 0 Å².